The lowest BCUT2D eigenvalue weighted by Gasteiger charge is -2.23. The van der Waals surface area contributed by atoms with Crippen LogP contribution < -0.4 is 15.5 Å². The van der Waals surface area contributed by atoms with Gasteiger partial charge < -0.3 is 19.5 Å². The summed E-state index contributed by atoms with van der Waals surface area (Å²) < 4.78 is 16.0. The molecule has 0 radical (unpaired) electrons. The third-order valence-electron chi connectivity index (χ3n) is 4.64. The molecule has 2 rings (SSSR count). The number of carbonyl (C=O) groups excluding carboxylic acids is 2. The first-order chi connectivity index (χ1) is 15.1. The third kappa shape index (κ3) is 8.37. The standard InChI is InChI=1S/C23H30N2O6/c1-3-7-18(23(27)25-28)14-19(15-30-16-29-2)24-22(26)17-10-12-21(13-11-17)31-20-8-5-4-6-9-20/h4-6,8-13,18-19,28H,3,7,14-16H2,1-2H3,(H,24,26)(H,25,27). The zero-order chi connectivity index (χ0) is 22.5. The lowest BCUT2D eigenvalue weighted by atomic mass is 9.94. The molecule has 0 saturated heterocycles. The highest BCUT2D eigenvalue weighted by Gasteiger charge is 2.24. The molecule has 8 heteroatoms. The van der Waals surface area contributed by atoms with Crippen molar-refractivity contribution in [1.82, 2.24) is 10.8 Å². The summed E-state index contributed by atoms with van der Waals surface area (Å²) in [5.41, 5.74) is 2.16. The van der Waals surface area contributed by atoms with Crippen molar-refractivity contribution in [3.05, 3.63) is 60.2 Å². The zero-order valence-corrected chi connectivity index (χ0v) is 17.9. The number of para-hydroxylation sites is 1. The Morgan fingerprint density at radius 2 is 1.71 bits per heavy atom. The molecule has 8 nitrogen and oxygen atoms in total. The van der Waals surface area contributed by atoms with Crippen molar-refractivity contribution in [2.45, 2.75) is 32.2 Å². The molecule has 2 unspecified atom stereocenters. The molecule has 0 aliphatic heterocycles. The summed E-state index contributed by atoms with van der Waals surface area (Å²) in [7, 11) is 1.51. The first kappa shape index (κ1) is 24.3. The van der Waals surface area contributed by atoms with Crippen LogP contribution in [0.25, 0.3) is 0 Å². The van der Waals surface area contributed by atoms with Gasteiger partial charge in [0.05, 0.1) is 12.6 Å². The number of nitrogens with one attached hydrogen (secondary N) is 2. The summed E-state index contributed by atoms with van der Waals surface area (Å²) in [5, 5.41) is 11.9. The summed E-state index contributed by atoms with van der Waals surface area (Å²) in [6.45, 7) is 2.20. The average molecular weight is 431 g/mol. The van der Waals surface area contributed by atoms with Crippen LogP contribution >= 0.6 is 0 Å². The van der Waals surface area contributed by atoms with E-state index in [0.717, 1.165) is 6.42 Å². The summed E-state index contributed by atoms with van der Waals surface area (Å²) in [4.78, 5) is 24.7. The largest absolute Gasteiger partial charge is 0.457 e. The molecule has 3 N–H and O–H groups in total. The van der Waals surface area contributed by atoms with Crippen molar-refractivity contribution >= 4 is 11.8 Å². The molecule has 2 atom stereocenters. The fourth-order valence-electron chi connectivity index (χ4n) is 3.15. The van der Waals surface area contributed by atoms with Crippen molar-refractivity contribution in [1.29, 1.82) is 0 Å². The van der Waals surface area contributed by atoms with E-state index in [1.165, 1.54) is 7.11 Å². The number of ether oxygens (including phenoxy) is 3. The molecule has 0 aromatic heterocycles. The number of hydrogen-bond donors (Lipinski definition) is 3. The molecule has 2 aromatic carbocycles. The van der Waals surface area contributed by atoms with E-state index < -0.39 is 17.9 Å². The smallest absolute Gasteiger partial charge is 0.251 e. The van der Waals surface area contributed by atoms with E-state index in [0.29, 0.717) is 29.9 Å². The molecule has 0 saturated carbocycles. The van der Waals surface area contributed by atoms with Crippen LogP contribution in [0.4, 0.5) is 0 Å². The van der Waals surface area contributed by atoms with E-state index >= 15 is 0 Å². The van der Waals surface area contributed by atoms with Crippen LogP contribution in [-0.2, 0) is 14.3 Å². The number of benzene rings is 2. The summed E-state index contributed by atoms with van der Waals surface area (Å²) in [6, 6.07) is 15.7. The number of amides is 2. The number of carbonyl (C=O) groups is 2. The molecular formula is C23H30N2O6. The fraction of sp³-hybridized carbons (Fsp3) is 0.391. The van der Waals surface area contributed by atoms with Crippen LogP contribution in [-0.4, -0.2) is 43.6 Å². The molecule has 0 fully saturated rings. The van der Waals surface area contributed by atoms with Gasteiger partial charge in [-0.1, -0.05) is 31.5 Å². The van der Waals surface area contributed by atoms with Crippen LogP contribution in [0.3, 0.4) is 0 Å². The third-order valence-corrected chi connectivity index (χ3v) is 4.64. The molecule has 2 amide bonds. The Morgan fingerprint density at radius 3 is 2.32 bits per heavy atom. The van der Waals surface area contributed by atoms with Gasteiger partial charge in [0, 0.05) is 18.6 Å². The minimum atomic E-state index is -0.477. The zero-order valence-electron chi connectivity index (χ0n) is 17.9. The van der Waals surface area contributed by atoms with E-state index in [1.807, 2.05) is 37.3 Å². The Hall–Kier alpha value is -2.94. The number of methoxy groups -OCH3 is 1. The number of hydrogen-bond acceptors (Lipinski definition) is 6. The first-order valence-electron chi connectivity index (χ1n) is 10.2. The second-order valence-electron chi connectivity index (χ2n) is 7.08. The Labute approximate surface area is 182 Å². The molecule has 31 heavy (non-hydrogen) atoms. The minimum Gasteiger partial charge on any atom is -0.457 e. The van der Waals surface area contributed by atoms with Crippen molar-refractivity contribution in [2.24, 2.45) is 5.92 Å². The Bertz CT molecular complexity index is 797. The predicted octanol–water partition coefficient (Wildman–Crippen LogP) is 3.51. The van der Waals surface area contributed by atoms with Gasteiger partial charge in [-0.2, -0.15) is 0 Å². The van der Waals surface area contributed by atoms with Gasteiger partial charge >= 0.3 is 0 Å². The van der Waals surface area contributed by atoms with E-state index in [2.05, 4.69) is 5.32 Å². The Morgan fingerprint density at radius 1 is 1.03 bits per heavy atom. The van der Waals surface area contributed by atoms with E-state index in [1.54, 1.807) is 29.7 Å². The fourth-order valence-corrected chi connectivity index (χ4v) is 3.15. The summed E-state index contributed by atoms with van der Waals surface area (Å²) >= 11 is 0. The van der Waals surface area contributed by atoms with Gasteiger partial charge in [0.25, 0.3) is 5.91 Å². The van der Waals surface area contributed by atoms with Crippen molar-refractivity contribution < 1.29 is 29.0 Å². The molecule has 0 spiro atoms. The number of rotatable bonds is 13. The SMILES string of the molecule is CCCC(CC(COCOC)NC(=O)c1ccc(Oc2ccccc2)cc1)C(=O)NO. The van der Waals surface area contributed by atoms with Gasteiger partial charge in [-0.25, -0.2) is 5.48 Å². The monoisotopic (exact) mass is 430 g/mol. The predicted molar refractivity (Wildman–Crippen MR) is 115 cm³/mol. The van der Waals surface area contributed by atoms with Gasteiger partial charge in [-0.15, -0.1) is 0 Å². The normalized spacial score (nSPS) is 12.6. The van der Waals surface area contributed by atoms with Gasteiger partial charge in [-0.3, -0.25) is 14.8 Å². The quantitative estimate of drug-likeness (QED) is 0.194. The van der Waals surface area contributed by atoms with Crippen LogP contribution in [0, 0.1) is 5.92 Å². The molecule has 0 aliphatic rings. The van der Waals surface area contributed by atoms with E-state index in [-0.39, 0.29) is 19.3 Å². The highest BCUT2D eigenvalue weighted by molar-refractivity contribution is 5.94. The molecule has 2 aromatic rings. The molecular weight excluding hydrogens is 400 g/mol. The lowest BCUT2D eigenvalue weighted by Crippen LogP contribution is -2.42. The Kier molecular flexibility index (Phi) is 10.5. The maximum atomic E-state index is 12.7. The molecule has 0 heterocycles. The van der Waals surface area contributed by atoms with Crippen molar-refractivity contribution in [3.8, 4) is 11.5 Å². The highest BCUT2D eigenvalue weighted by Crippen LogP contribution is 2.21. The summed E-state index contributed by atoms with van der Waals surface area (Å²) in [5.74, 6) is 0.102. The van der Waals surface area contributed by atoms with Crippen LogP contribution in [0.1, 0.15) is 36.5 Å². The molecule has 0 bridgehead atoms. The van der Waals surface area contributed by atoms with Crippen LogP contribution in [0.5, 0.6) is 11.5 Å². The second kappa shape index (κ2) is 13.4. The Balaban J connectivity index is 2.02. The minimum absolute atomic E-state index is 0.0720. The van der Waals surface area contributed by atoms with E-state index in [4.69, 9.17) is 19.4 Å². The lowest BCUT2D eigenvalue weighted by molar-refractivity contribution is -0.134. The van der Waals surface area contributed by atoms with Crippen LogP contribution in [0.2, 0.25) is 0 Å². The maximum absolute atomic E-state index is 12.7. The maximum Gasteiger partial charge on any atom is 0.251 e. The molecule has 0 aliphatic carbocycles. The highest BCUT2D eigenvalue weighted by atomic mass is 16.7. The topological polar surface area (TPSA) is 106 Å². The van der Waals surface area contributed by atoms with Crippen LogP contribution in [0.15, 0.2) is 54.6 Å². The van der Waals surface area contributed by atoms with Gasteiger partial charge in [0.15, 0.2) is 0 Å². The van der Waals surface area contributed by atoms with E-state index in [9.17, 15) is 9.59 Å². The first-order valence-corrected chi connectivity index (χ1v) is 10.2. The average Bonchev–Trinajstić information content (AvgIpc) is 2.79. The molecule has 168 valence electrons. The van der Waals surface area contributed by atoms with Gasteiger partial charge in [-0.05, 0) is 49.2 Å². The van der Waals surface area contributed by atoms with Crippen molar-refractivity contribution in [2.75, 3.05) is 20.5 Å². The second-order valence-corrected chi connectivity index (χ2v) is 7.08. The van der Waals surface area contributed by atoms with Crippen molar-refractivity contribution in [3.63, 3.8) is 0 Å². The van der Waals surface area contributed by atoms with Gasteiger partial charge in [0.2, 0.25) is 5.91 Å². The number of hydroxylamine groups is 1. The summed E-state index contributed by atoms with van der Waals surface area (Å²) in [6.07, 6.45) is 1.67. The van der Waals surface area contributed by atoms with Gasteiger partial charge in [0.1, 0.15) is 18.3 Å².